The predicted octanol–water partition coefficient (Wildman–Crippen LogP) is 3.38. The molecule has 0 saturated carbocycles. The maximum Gasteiger partial charge on any atom is 0.417 e. The number of sulfonamides is 1. The molecule has 1 aliphatic heterocycles. The molecule has 0 aliphatic carbocycles. The molecule has 1 aromatic heterocycles. The zero-order valence-electron chi connectivity index (χ0n) is 16.3. The molecule has 0 bridgehead atoms. The molecule has 1 unspecified atom stereocenters. The second-order valence-electron chi connectivity index (χ2n) is 7.16. The number of alkyl halides is 3. The maximum atomic E-state index is 13.2. The fourth-order valence-corrected chi connectivity index (χ4v) is 5.14. The molecule has 1 aliphatic rings. The number of piperidine rings is 1. The number of hydrogen-bond donors (Lipinski definition) is 1. The van der Waals surface area contributed by atoms with E-state index < -0.39 is 32.6 Å². The third-order valence-electron chi connectivity index (χ3n) is 5.13. The lowest BCUT2D eigenvalue weighted by atomic mass is 9.97. The number of carbonyl (C=O) groups excluding carboxylic acids is 1. The number of amides is 1. The lowest BCUT2D eigenvalue weighted by molar-refractivity contribution is -0.139. The van der Waals surface area contributed by atoms with Gasteiger partial charge in [-0.1, -0.05) is 18.2 Å². The molecule has 6 nitrogen and oxygen atoms in total. The molecule has 3 rings (SSSR count). The largest absolute Gasteiger partial charge is 0.417 e. The normalized spacial score (nSPS) is 17.5. The summed E-state index contributed by atoms with van der Waals surface area (Å²) in [6.45, 7) is 1.75. The number of nitrogens with zero attached hydrogens (tertiary/aromatic N) is 2. The van der Waals surface area contributed by atoms with Crippen LogP contribution in [0.2, 0.25) is 0 Å². The van der Waals surface area contributed by atoms with Crippen LogP contribution in [0, 0.1) is 5.92 Å². The third kappa shape index (κ3) is 4.81. The van der Waals surface area contributed by atoms with E-state index in [1.807, 2.05) is 6.07 Å². The summed E-state index contributed by atoms with van der Waals surface area (Å²) in [6, 6.07) is 9.20. The van der Waals surface area contributed by atoms with Gasteiger partial charge in [-0.2, -0.15) is 17.5 Å². The Morgan fingerprint density at radius 3 is 2.37 bits per heavy atom. The molecule has 1 fully saturated rings. The molecule has 10 heteroatoms. The highest BCUT2D eigenvalue weighted by atomic mass is 32.2. The van der Waals surface area contributed by atoms with Crippen molar-refractivity contribution in [2.75, 3.05) is 13.1 Å². The van der Waals surface area contributed by atoms with E-state index in [2.05, 4.69) is 10.3 Å². The van der Waals surface area contributed by atoms with Crippen molar-refractivity contribution in [3.8, 4) is 0 Å². The van der Waals surface area contributed by atoms with Gasteiger partial charge in [-0.05, 0) is 44.0 Å². The second kappa shape index (κ2) is 8.73. The monoisotopic (exact) mass is 441 g/mol. The van der Waals surface area contributed by atoms with Gasteiger partial charge in [0, 0.05) is 25.2 Å². The van der Waals surface area contributed by atoms with E-state index in [4.69, 9.17) is 0 Å². The average molecular weight is 441 g/mol. The number of rotatable bonds is 5. The van der Waals surface area contributed by atoms with Crippen LogP contribution >= 0.6 is 0 Å². The van der Waals surface area contributed by atoms with E-state index in [9.17, 15) is 26.4 Å². The Balaban J connectivity index is 1.66. The van der Waals surface area contributed by atoms with Crippen LogP contribution in [0.4, 0.5) is 13.2 Å². The van der Waals surface area contributed by atoms with Crippen molar-refractivity contribution in [2.45, 2.75) is 36.9 Å². The number of hydrogen-bond acceptors (Lipinski definition) is 4. The van der Waals surface area contributed by atoms with Crippen LogP contribution in [0.25, 0.3) is 0 Å². The minimum absolute atomic E-state index is 0.0232. The fourth-order valence-electron chi connectivity index (χ4n) is 3.46. The molecule has 162 valence electrons. The SMILES string of the molecule is CC(NC(=O)C1CCN(S(=O)(=O)c2ccccc2C(F)(F)F)CC1)c1ccccn1. The molecule has 1 atom stereocenters. The van der Waals surface area contributed by atoms with Gasteiger partial charge < -0.3 is 5.32 Å². The number of aromatic nitrogens is 1. The molecule has 0 spiro atoms. The fraction of sp³-hybridized carbons (Fsp3) is 0.400. The number of pyridine rings is 1. The molecule has 1 aromatic carbocycles. The first kappa shape index (κ1) is 22.2. The standard InChI is InChI=1S/C20H22F3N3O3S/c1-14(17-7-4-5-11-24-17)25-19(27)15-9-12-26(13-10-15)30(28,29)18-8-3-2-6-16(18)20(21,22)23/h2-8,11,14-15H,9-10,12-13H2,1H3,(H,25,27). The first-order chi connectivity index (χ1) is 14.1. The zero-order valence-corrected chi connectivity index (χ0v) is 17.1. The Bertz CT molecular complexity index is 989. The molecule has 1 N–H and O–H groups in total. The number of nitrogens with one attached hydrogen (secondary N) is 1. The highest BCUT2D eigenvalue weighted by Crippen LogP contribution is 2.36. The zero-order chi connectivity index (χ0) is 21.9. The van der Waals surface area contributed by atoms with E-state index >= 15 is 0 Å². The summed E-state index contributed by atoms with van der Waals surface area (Å²) in [5.41, 5.74) is -0.483. The third-order valence-corrected chi connectivity index (χ3v) is 7.08. The Morgan fingerprint density at radius 1 is 1.13 bits per heavy atom. The van der Waals surface area contributed by atoms with Crippen LogP contribution in [0.5, 0.6) is 0 Å². The van der Waals surface area contributed by atoms with Gasteiger partial charge in [0.25, 0.3) is 0 Å². The molecule has 1 saturated heterocycles. The van der Waals surface area contributed by atoms with Crippen molar-refractivity contribution in [1.29, 1.82) is 0 Å². The summed E-state index contributed by atoms with van der Waals surface area (Å²) in [6.07, 6.45) is -2.69. The van der Waals surface area contributed by atoms with E-state index in [1.54, 1.807) is 25.3 Å². The van der Waals surface area contributed by atoms with Gasteiger partial charge in [-0.15, -0.1) is 0 Å². The van der Waals surface area contributed by atoms with E-state index in [-0.39, 0.29) is 37.9 Å². The molecule has 0 radical (unpaired) electrons. The lowest BCUT2D eigenvalue weighted by Gasteiger charge is -2.31. The van der Waals surface area contributed by atoms with Gasteiger partial charge >= 0.3 is 6.18 Å². The van der Waals surface area contributed by atoms with Crippen LogP contribution in [0.3, 0.4) is 0 Å². The summed E-state index contributed by atoms with van der Waals surface area (Å²) in [5, 5.41) is 2.86. The summed E-state index contributed by atoms with van der Waals surface area (Å²) in [5.74, 6) is -0.638. The molecule has 30 heavy (non-hydrogen) atoms. The van der Waals surface area contributed by atoms with Crippen molar-refractivity contribution >= 4 is 15.9 Å². The van der Waals surface area contributed by atoms with Gasteiger partial charge in [0.15, 0.2) is 0 Å². The minimum Gasteiger partial charge on any atom is -0.348 e. The summed E-state index contributed by atoms with van der Waals surface area (Å²) in [7, 11) is -4.32. The van der Waals surface area contributed by atoms with E-state index in [1.165, 1.54) is 6.07 Å². The summed E-state index contributed by atoms with van der Waals surface area (Å²) >= 11 is 0. The van der Waals surface area contributed by atoms with Crippen molar-refractivity contribution in [3.05, 3.63) is 59.9 Å². The number of benzene rings is 1. The highest BCUT2D eigenvalue weighted by Gasteiger charge is 2.40. The van der Waals surface area contributed by atoms with Crippen LogP contribution in [-0.2, 0) is 21.0 Å². The van der Waals surface area contributed by atoms with Crippen molar-refractivity contribution in [2.24, 2.45) is 5.92 Å². The van der Waals surface area contributed by atoms with Crippen molar-refractivity contribution in [1.82, 2.24) is 14.6 Å². The van der Waals surface area contributed by atoms with Gasteiger partial charge in [0.05, 0.1) is 22.2 Å². The number of carbonyl (C=O) groups is 1. The van der Waals surface area contributed by atoms with E-state index in [0.717, 1.165) is 22.5 Å². The Hall–Kier alpha value is -2.46. The molecular weight excluding hydrogens is 419 g/mol. The maximum absolute atomic E-state index is 13.2. The topological polar surface area (TPSA) is 79.4 Å². The molecular formula is C20H22F3N3O3S. The summed E-state index contributed by atoms with van der Waals surface area (Å²) in [4.78, 5) is 16.0. The molecule has 2 heterocycles. The van der Waals surface area contributed by atoms with Crippen LogP contribution in [0.15, 0.2) is 53.6 Å². The second-order valence-corrected chi connectivity index (χ2v) is 9.06. The number of halogens is 3. The Morgan fingerprint density at radius 2 is 1.77 bits per heavy atom. The smallest absolute Gasteiger partial charge is 0.348 e. The van der Waals surface area contributed by atoms with Crippen molar-refractivity contribution in [3.63, 3.8) is 0 Å². The lowest BCUT2D eigenvalue weighted by Crippen LogP contribution is -2.43. The predicted molar refractivity (Wildman–Crippen MR) is 104 cm³/mol. The van der Waals surface area contributed by atoms with Crippen molar-refractivity contribution < 1.29 is 26.4 Å². The molecule has 1 amide bonds. The quantitative estimate of drug-likeness (QED) is 0.772. The molecule has 2 aromatic rings. The van der Waals surface area contributed by atoms with Crippen LogP contribution in [0.1, 0.15) is 37.1 Å². The van der Waals surface area contributed by atoms with Gasteiger partial charge in [0.1, 0.15) is 0 Å². The first-order valence-electron chi connectivity index (χ1n) is 9.48. The van der Waals surface area contributed by atoms with Crippen LogP contribution < -0.4 is 5.32 Å². The minimum atomic E-state index is -4.77. The van der Waals surface area contributed by atoms with Gasteiger partial charge in [0.2, 0.25) is 15.9 Å². The van der Waals surface area contributed by atoms with E-state index in [0.29, 0.717) is 5.69 Å². The Labute approximate surface area is 173 Å². The van der Waals surface area contributed by atoms with Crippen LogP contribution in [-0.4, -0.2) is 36.7 Å². The first-order valence-corrected chi connectivity index (χ1v) is 10.9. The highest BCUT2D eigenvalue weighted by molar-refractivity contribution is 7.89. The summed E-state index contributed by atoms with van der Waals surface area (Å²) < 4.78 is 66.3. The van der Waals surface area contributed by atoms with Gasteiger partial charge in [-0.3, -0.25) is 9.78 Å². The van der Waals surface area contributed by atoms with Gasteiger partial charge in [-0.25, -0.2) is 8.42 Å². The average Bonchev–Trinajstić information content (AvgIpc) is 2.74. The Kier molecular flexibility index (Phi) is 6.47.